The summed E-state index contributed by atoms with van der Waals surface area (Å²) in [5, 5.41) is 8.55. The number of aromatic nitrogens is 5. The molecule has 0 aliphatic rings. The van der Waals surface area contributed by atoms with Crippen molar-refractivity contribution < 1.29 is 0 Å². The van der Waals surface area contributed by atoms with Crippen LogP contribution >= 0.6 is 0 Å². The summed E-state index contributed by atoms with van der Waals surface area (Å²) in [6.45, 7) is 4.23. The number of rotatable bonds is 4. The number of nitrogens with zero attached hydrogens (tertiary/aromatic N) is 5. The van der Waals surface area contributed by atoms with Gasteiger partial charge in [0.05, 0.1) is 23.3 Å². The Kier molecular flexibility index (Phi) is 3.61. The summed E-state index contributed by atoms with van der Waals surface area (Å²) in [6, 6.07) is 12.3. The number of imidazole rings is 1. The normalized spacial score (nSPS) is 11.2. The molecule has 0 radical (unpaired) electrons. The van der Waals surface area contributed by atoms with Gasteiger partial charge in [0, 0.05) is 18.0 Å². The Labute approximate surface area is 140 Å². The lowest BCUT2D eigenvalue weighted by atomic mass is 10.1. The van der Waals surface area contributed by atoms with E-state index in [2.05, 4.69) is 59.2 Å². The topological polar surface area (TPSA) is 48.0 Å². The molecular formula is C19H19N5. The van der Waals surface area contributed by atoms with Crippen LogP contribution in [0.25, 0.3) is 22.6 Å². The second-order valence-electron chi connectivity index (χ2n) is 6.02. The van der Waals surface area contributed by atoms with Gasteiger partial charge in [-0.1, -0.05) is 42.8 Å². The molecule has 0 bridgehead atoms. The summed E-state index contributed by atoms with van der Waals surface area (Å²) in [6.07, 6.45) is 8.15. The van der Waals surface area contributed by atoms with Gasteiger partial charge in [-0.2, -0.15) is 0 Å². The third kappa shape index (κ3) is 2.58. The van der Waals surface area contributed by atoms with Crippen LogP contribution in [0.2, 0.25) is 0 Å². The van der Waals surface area contributed by atoms with Crippen molar-refractivity contribution >= 4 is 5.65 Å². The molecule has 0 fully saturated rings. The van der Waals surface area contributed by atoms with Crippen LogP contribution in [0.3, 0.4) is 0 Å². The molecule has 0 N–H and O–H groups in total. The van der Waals surface area contributed by atoms with E-state index >= 15 is 0 Å². The number of fused-ring (bicyclic) bond motifs is 1. The van der Waals surface area contributed by atoms with Crippen LogP contribution in [0.5, 0.6) is 0 Å². The zero-order valence-electron chi connectivity index (χ0n) is 13.8. The first-order chi connectivity index (χ1) is 11.7. The molecule has 5 nitrogen and oxygen atoms in total. The minimum absolute atomic E-state index is 0.934. The van der Waals surface area contributed by atoms with Crippen molar-refractivity contribution in [2.75, 3.05) is 0 Å². The van der Waals surface area contributed by atoms with Crippen molar-refractivity contribution in [1.82, 2.24) is 24.4 Å². The van der Waals surface area contributed by atoms with Gasteiger partial charge in [0.2, 0.25) is 0 Å². The number of para-hydroxylation sites is 1. The van der Waals surface area contributed by atoms with Crippen LogP contribution in [0.4, 0.5) is 0 Å². The van der Waals surface area contributed by atoms with Crippen molar-refractivity contribution in [1.29, 1.82) is 0 Å². The predicted molar refractivity (Wildman–Crippen MR) is 94.3 cm³/mol. The molecule has 0 saturated heterocycles. The fraction of sp³-hybridized carbons (Fsp3) is 0.211. The van der Waals surface area contributed by atoms with E-state index in [-0.39, 0.29) is 0 Å². The molecule has 0 spiro atoms. The zero-order valence-corrected chi connectivity index (χ0v) is 13.8. The van der Waals surface area contributed by atoms with Crippen LogP contribution < -0.4 is 0 Å². The van der Waals surface area contributed by atoms with Gasteiger partial charge in [-0.3, -0.25) is 0 Å². The number of benzene rings is 1. The molecule has 0 unspecified atom stereocenters. The second-order valence-corrected chi connectivity index (χ2v) is 6.02. The average Bonchev–Trinajstić information content (AvgIpc) is 3.21. The van der Waals surface area contributed by atoms with Gasteiger partial charge in [-0.25, -0.2) is 9.67 Å². The number of hydrogen-bond acceptors (Lipinski definition) is 3. The van der Waals surface area contributed by atoms with Gasteiger partial charge in [0.15, 0.2) is 0 Å². The van der Waals surface area contributed by atoms with E-state index in [4.69, 9.17) is 4.98 Å². The molecule has 4 rings (SSSR count). The van der Waals surface area contributed by atoms with E-state index in [9.17, 15) is 0 Å². The van der Waals surface area contributed by atoms with Crippen molar-refractivity contribution in [2.45, 2.75) is 26.7 Å². The monoisotopic (exact) mass is 317 g/mol. The van der Waals surface area contributed by atoms with Gasteiger partial charge >= 0.3 is 0 Å². The van der Waals surface area contributed by atoms with Crippen molar-refractivity contribution in [3.05, 3.63) is 66.2 Å². The van der Waals surface area contributed by atoms with E-state index in [1.165, 1.54) is 5.56 Å². The largest absolute Gasteiger partial charge is 0.306 e. The van der Waals surface area contributed by atoms with Crippen LogP contribution in [0.15, 0.2) is 55.0 Å². The summed E-state index contributed by atoms with van der Waals surface area (Å²) in [5.41, 5.74) is 6.14. The predicted octanol–water partition coefficient (Wildman–Crippen LogP) is 3.84. The van der Waals surface area contributed by atoms with Gasteiger partial charge in [-0.15, -0.1) is 5.10 Å². The summed E-state index contributed by atoms with van der Waals surface area (Å²) in [7, 11) is 0. The number of hydrogen-bond donors (Lipinski definition) is 0. The molecule has 0 aliphatic carbocycles. The maximum Gasteiger partial charge on any atom is 0.137 e. The summed E-state index contributed by atoms with van der Waals surface area (Å²) in [5.74, 6) is 0. The Morgan fingerprint density at radius 2 is 1.88 bits per heavy atom. The molecule has 24 heavy (non-hydrogen) atoms. The van der Waals surface area contributed by atoms with Gasteiger partial charge in [-0.05, 0) is 31.0 Å². The lowest BCUT2D eigenvalue weighted by Gasteiger charge is -2.06. The Hall–Kier alpha value is -2.95. The second kappa shape index (κ2) is 5.92. The first kappa shape index (κ1) is 14.6. The smallest absolute Gasteiger partial charge is 0.137 e. The van der Waals surface area contributed by atoms with Crippen LogP contribution in [0.1, 0.15) is 24.6 Å². The molecule has 0 saturated carbocycles. The Morgan fingerprint density at radius 1 is 1.00 bits per heavy atom. The zero-order chi connectivity index (χ0) is 16.5. The summed E-state index contributed by atoms with van der Waals surface area (Å²) < 4.78 is 3.90. The SMILES string of the molecule is CCCc1cn(-c2ccccc2-c2cn3cc(C)ccc3n2)nn1. The van der Waals surface area contributed by atoms with E-state index in [0.717, 1.165) is 41.1 Å². The third-order valence-electron chi connectivity index (χ3n) is 4.07. The molecule has 0 amide bonds. The highest BCUT2D eigenvalue weighted by Crippen LogP contribution is 2.26. The molecule has 3 heterocycles. The van der Waals surface area contributed by atoms with E-state index < -0.39 is 0 Å². The standard InChI is InChI=1S/C19H19N5/c1-3-6-15-12-24(22-21-15)18-8-5-4-7-16(18)17-13-23-11-14(2)9-10-19(23)20-17/h4-5,7-13H,3,6H2,1-2H3. The first-order valence-corrected chi connectivity index (χ1v) is 8.21. The molecule has 120 valence electrons. The van der Waals surface area contributed by atoms with Gasteiger partial charge in [0.25, 0.3) is 0 Å². The third-order valence-corrected chi connectivity index (χ3v) is 4.07. The first-order valence-electron chi connectivity index (χ1n) is 8.21. The fourth-order valence-electron chi connectivity index (χ4n) is 2.91. The molecular weight excluding hydrogens is 298 g/mol. The molecule has 3 aromatic heterocycles. The average molecular weight is 317 g/mol. The molecule has 4 aromatic rings. The Balaban J connectivity index is 1.82. The minimum atomic E-state index is 0.934. The molecule has 5 heteroatoms. The van der Waals surface area contributed by atoms with E-state index in [1.807, 2.05) is 29.1 Å². The molecule has 1 aromatic carbocycles. The highest BCUT2D eigenvalue weighted by Gasteiger charge is 2.12. The highest BCUT2D eigenvalue weighted by molar-refractivity contribution is 5.71. The number of pyridine rings is 1. The molecule has 0 atom stereocenters. The van der Waals surface area contributed by atoms with Crippen LogP contribution in [-0.2, 0) is 6.42 Å². The maximum atomic E-state index is 4.75. The van der Waals surface area contributed by atoms with Crippen LogP contribution in [0, 0.1) is 6.92 Å². The van der Waals surface area contributed by atoms with Gasteiger partial charge < -0.3 is 4.40 Å². The highest BCUT2D eigenvalue weighted by atomic mass is 15.4. The van der Waals surface area contributed by atoms with E-state index in [0.29, 0.717) is 0 Å². The lowest BCUT2D eigenvalue weighted by Crippen LogP contribution is -1.97. The lowest BCUT2D eigenvalue weighted by molar-refractivity contribution is 0.792. The molecule has 0 aliphatic heterocycles. The van der Waals surface area contributed by atoms with Crippen molar-refractivity contribution in [3.63, 3.8) is 0 Å². The van der Waals surface area contributed by atoms with Gasteiger partial charge in [0.1, 0.15) is 5.65 Å². The summed E-state index contributed by atoms with van der Waals surface area (Å²) >= 11 is 0. The fourth-order valence-corrected chi connectivity index (χ4v) is 2.91. The van der Waals surface area contributed by atoms with Crippen LogP contribution in [-0.4, -0.2) is 24.4 Å². The van der Waals surface area contributed by atoms with Crippen molar-refractivity contribution in [3.8, 4) is 16.9 Å². The maximum absolute atomic E-state index is 4.75. The quantitative estimate of drug-likeness (QED) is 0.574. The Bertz CT molecular complexity index is 996. The summed E-state index contributed by atoms with van der Waals surface area (Å²) in [4.78, 5) is 4.75. The van der Waals surface area contributed by atoms with Crippen molar-refractivity contribution in [2.24, 2.45) is 0 Å². The Morgan fingerprint density at radius 3 is 2.75 bits per heavy atom. The van der Waals surface area contributed by atoms with E-state index in [1.54, 1.807) is 0 Å². The minimum Gasteiger partial charge on any atom is -0.306 e. The number of aryl methyl sites for hydroxylation is 2.